The Balaban J connectivity index is 1.94. The van der Waals surface area contributed by atoms with E-state index >= 15 is 0 Å². The molecule has 0 spiro atoms. The van der Waals surface area contributed by atoms with E-state index in [-0.39, 0.29) is 5.91 Å². The minimum absolute atomic E-state index is 0.280. The van der Waals surface area contributed by atoms with Crippen molar-refractivity contribution in [3.63, 3.8) is 0 Å². The average Bonchev–Trinajstić information content (AvgIpc) is 3.02. The number of nitrogens with zero attached hydrogens (tertiary/aromatic N) is 1. The van der Waals surface area contributed by atoms with Gasteiger partial charge in [0.2, 0.25) is 0 Å². The van der Waals surface area contributed by atoms with E-state index in [2.05, 4.69) is 10.3 Å². The van der Waals surface area contributed by atoms with Crippen LogP contribution in [0.3, 0.4) is 0 Å². The summed E-state index contributed by atoms with van der Waals surface area (Å²) in [7, 11) is 4.69. The molecule has 24 heavy (non-hydrogen) atoms. The minimum Gasteiger partial charge on any atom is -0.497 e. The molecule has 1 N–H and O–H groups in total. The van der Waals surface area contributed by atoms with E-state index in [0.29, 0.717) is 33.5 Å². The molecule has 0 aliphatic heterocycles. The molecule has 0 saturated heterocycles. The molecule has 0 fully saturated rings. The van der Waals surface area contributed by atoms with Gasteiger partial charge in [0.15, 0.2) is 5.13 Å². The molecule has 7 heteroatoms. The van der Waals surface area contributed by atoms with Crippen LogP contribution in [0.15, 0.2) is 36.4 Å². The highest BCUT2D eigenvalue weighted by Gasteiger charge is 2.16. The lowest BCUT2D eigenvalue weighted by molar-refractivity contribution is 0.102. The summed E-state index contributed by atoms with van der Waals surface area (Å²) < 4.78 is 16.7. The predicted octanol–water partition coefficient (Wildman–Crippen LogP) is 3.57. The van der Waals surface area contributed by atoms with Crippen LogP contribution in [0.1, 0.15) is 10.4 Å². The topological polar surface area (TPSA) is 69.7 Å². The molecule has 3 rings (SSSR count). The fourth-order valence-electron chi connectivity index (χ4n) is 2.30. The second-order valence-corrected chi connectivity index (χ2v) is 5.88. The van der Waals surface area contributed by atoms with Crippen molar-refractivity contribution in [3.8, 4) is 17.2 Å². The molecule has 0 atom stereocenters. The monoisotopic (exact) mass is 344 g/mol. The number of thiazole rings is 1. The zero-order chi connectivity index (χ0) is 17.1. The van der Waals surface area contributed by atoms with Crippen molar-refractivity contribution in [2.75, 3.05) is 26.6 Å². The standard InChI is InChI=1S/C17H16N2O4S/c1-21-10-8-13(23-3)15-14(9-10)24-17(18-15)19-16(20)11-6-4-5-7-12(11)22-2/h4-9H,1-3H3,(H,18,19,20). The number of carbonyl (C=O) groups is 1. The number of aromatic nitrogens is 1. The highest BCUT2D eigenvalue weighted by Crippen LogP contribution is 2.36. The number of hydrogen-bond donors (Lipinski definition) is 1. The predicted molar refractivity (Wildman–Crippen MR) is 93.7 cm³/mol. The van der Waals surface area contributed by atoms with Crippen LogP contribution in [0.25, 0.3) is 10.2 Å². The third-order valence-corrected chi connectivity index (χ3v) is 4.38. The number of amides is 1. The number of hydrogen-bond acceptors (Lipinski definition) is 6. The van der Waals surface area contributed by atoms with Gasteiger partial charge < -0.3 is 14.2 Å². The molecular formula is C17H16N2O4S. The van der Waals surface area contributed by atoms with Crippen LogP contribution in [0.2, 0.25) is 0 Å². The number of fused-ring (bicyclic) bond motifs is 1. The van der Waals surface area contributed by atoms with E-state index in [0.717, 1.165) is 4.70 Å². The number of rotatable bonds is 5. The van der Waals surface area contributed by atoms with Crippen LogP contribution < -0.4 is 19.5 Å². The summed E-state index contributed by atoms with van der Waals surface area (Å²) in [6.45, 7) is 0. The normalized spacial score (nSPS) is 10.5. The maximum atomic E-state index is 12.5. The van der Waals surface area contributed by atoms with Crippen LogP contribution in [-0.2, 0) is 0 Å². The molecule has 2 aromatic carbocycles. The summed E-state index contributed by atoms with van der Waals surface area (Å²) in [4.78, 5) is 16.9. The SMILES string of the molecule is COc1cc(OC)c2nc(NC(=O)c3ccccc3OC)sc2c1. The molecule has 124 valence electrons. The van der Waals surface area contributed by atoms with E-state index in [9.17, 15) is 4.79 Å². The first kappa shape index (κ1) is 16.1. The van der Waals surface area contributed by atoms with E-state index in [1.54, 1.807) is 38.5 Å². The Hall–Kier alpha value is -2.80. The molecular weight excluding hydrogens is 328 g/mol. The highest BCUT2D eigenvalue weighted by molar-refractivity contribution is 7.22. The van der Waals surface area contributed by atoms with E-state index in [1.807, 2.05) is 12.1 Å². The van der Waals surface area contributed by atoms with Crippen molar-refractivity contribution in [3.05, 3.63) is 42.0 Å². The minimum atomic E-state index is -0.280. The van der Waals surface area contributed by atoms with Crippen molar-refractivity contribution in [2.45, 2.75) is 0 Å². The second-order valence-electron chi connectivity index (χ2n) is 4.85. The van der Waals surface area contributed by atoms with Crippen LogP contribution in [0.5, 0.6) is 17.2 Å². The molecule has 1 aromatic heterocycles. The lowest BCUT2D eigenvalue weighted by Crippen LogP contribution is -2.12. The van der Waals surface area contributed by atoms with E-state index in [4.69, 9.17) is 14.2 Å². The number of benzene rings is 2. The van der Waals surface area contributed by atoms with Crippen molar-refractivity contribution >= 4 is 32.6 Å². The number of carbonyl (C=O) groups excluding carboxylic acids is 1. The molecule has 0 saturated carbocycles. The van der Waals surface area contributed by atoms with Gasteiger partial charge in [0, 0.05) is 6.07 Å². The molecule has 0 radical (unpaired) electrons. The first-order valence-corrected chi connectivity index (χ1v) is 7.95. The number of nitrogens with one attached hydrogen (secondary N) is 1. The molecule has 0 unspecified atom stereocenters. The molecule has 3 aromatic rings. The highest BCUT2D eigenvalue weighted by atomic mass is 32.1. The maximum absolute atomic E-state index is 12.5. The van der Waals surface area contributed by atoms with E-state index < -0.39 is 0 Å². The number of para-hydroxylation sites is 1. The molecule has 6 nitrogen and oxygen atoms in total. The Labute approximate surface area is 143 Å². The van der Waals surface area contributed by atoms with Gasteiger partial charge in [-0.25, -0.2) is 4.98 Å². The lowest BCUT2D eigenvalue weighted by atomic mass is 10.2. The van der Waals surface area contributed by atoms with Gasteiger partial charge in [0.25, 0.3) is 5.91 Å². The molecule has 1 heterocycles. The Kier molecular flexibility index (Phi) is 4.52. The van der Waals surface area contributed by atoms with Gasteiger partial charge in [0.05, 0.1) is 31.6 Å². The smallest absolute Gasteiger partial charge is 0.261 e. The first-order chi connectivity index (χ1) is 11.7. The Morgan fingerprint density at radius 3 is 2.50 bits per heavy atom. The van der Waals surface area contributed by atoms with Gasteiger partial charge in [-0.1, -0.05) is 23.5 Å². The van der Waals surface area contributed by atoms with Crippen LogP contribution >= 0.6 is 11.3 Å². The van der Waals surface area contributed by atoms with E-state index in [1.165, 1.54) is 18.4 Å². The Morgan fingerprint density at radius 2 is 1.79 bits per heavy atom. The summed E-state index contributed by atoms with van der Waals surface area (Å²) in [6.07, 6.45) is 0. The van der Waals surface area contributed by atoms with Gasteiger partial charge in [-0.3, -0.25) is 10.1 Å². The third-order valence-electron chi connectivity index (χ3n) is 3.46. The van der Waals surface area contributed by atoms with Crippen molar-refractivity contribution in [2.24, 2.45) is 0 Å². The quantitative estimate of drug-likeness (QED) is 0.766. The number of anilines is 1. The zero-order valence-electron chi connectivity index (χ0n) is 13.5. The van der Waals surface area contributed by atoms with Crippen molar-refractivity contribution in [1.29, 1.82) is 0 Å². The third kappa shape index (κ3) is 2.98. The summed E-state index contributed by atoms with van der Waals surface area (Å²) >= 11 is 1.35. The van der Waals surface area contributed by atoms with Gasteiger partial charge in [-0.2, -0.15) is 0 Å². The van der Waals surface area contributed by atoms with Gasteiger partial charge >= 0.3 is 0 Å². The number of methoxy groups -OCH3 is 3. The fraction of sp³-hybridized carbons (Fsp3) is 0.176. The van der Waals surface area contributed by atoms with Crippen molar-refractivity contribution in [1.82, 2.24) is 4.98 Å². The second kappa shape index (κ2) is 6.76. The van der Waals surface area contributed by atoms with Gasteiger partial charge in [-0.15, -0.1) is 0 Å². The van der Waals surface area contributed by atoms with Gasteiger partial charge in [-0.05, 0) is 18.2 Å². The van der Waals surface area contributed by atoms with Crippen LogP contribution in [-0.4, -0.2) is 32.2 Å². The average molecular weight is 344 g/mol. The zero-order valence-corrected chi connectivity index (χ0v) is 14.3. The Bertz CT molecular complexity index is 891. The molecule has 0 aliphatic rings. The fourth-order valence-corrected chi connectivity index (χ4v) is 3.21. The molecule has 0 bridgehead atoms. The van der Waals surface area contributed by atoms with Crippen LogP contribution in [0.4, 0.5) is 5.13 Å². The first-order valence-electron chi connectivity index (χ1n) is 7.13. The molecule has 1 amide bonds. The molecule has 0 aliphatic carbocycles. The summed E-state index contributed by atoms with van der Waals surface area (Å²) in [5.41, 5.74) is 1.13. The lowest BCUT2D eigenvalue weighted by Gasteiger charge is -2.06. The summed E-state index contributed by atoms with van der Waals surface area (Å²) in [5.74, 6) is 1.50. The number of ether oxygens (including phenoxy) is 3. The largest absolute Gasteiger partial charge is 0.497 e. The van der Waals surface area contributed by atoms with Gasteiger partial charge in [0.1, 0.15) is 22.8 Å². The summed E-state index contributed by atoms with van der Waals surface area (Å²) in [5, 5.41) is 3.28. The van der Waals surface area contributed by atoms with Crippen LogP contribution in [0, 0.1) is 0 Å². The maximum Gasteiger partial charge on any atom is 0.261 e. The summed E-state index contributed by atoms with van der Waals surface area (Å²) in [6, 6.07) is 10.6. The Morgan fingerprint density at radius 1 is 1.04 bits per heavy atom. The van der Waals surface area contributed by atoms with Crippen molar-refractivity contribution < 1.29 is 19.0 Å².